The minimum atomic E-state index is 0.543. The summed E-state index contributed by atoms with van der Waals surface area (Å²) in [6, 6.07) is 0. The van der Waals surface area contributed by atoms with Gasteiger partial charge in [-0.3, -0.25) is 0 Å². The van der Waals surface area contributed by atoms with Crippen LogP contribution in [0.15, 0.2) is 24.3 Å². The van der Waals surface area contributed by atoms with Gasteiger partial charge in [0.05, 0.1) is 26.4 Å². The normalized spacial score (nSPS) is 12.4. The fourth-order valence-corrected chi connectivity index (χ4v) is 3.39. The van der Waals surface area contributed by atoms with Gasteiger partial charge in [0.2, 0.25) is 0 Å². The lowest BCUT2D eigenvalue weighted by atomic mass is 9.88. The third-order valence-corrected chi connectivity index (χ3v) is 5.62. The van der Waals surface area contributed by atoms with Gasteiger partial charge in [0.25, 0.3) is 0 Å². The van der Waals surface area contributed by atoms with Crippen LogP contribution in [0.2, 0.25) is 0 Å². The van der Waals surface area contributed by atoms with Crippen molar-refractivity contribution >= 4 is 0 Å². The molecule has 0 radical (unpaired) electrons. The van der Waals surface area contributed by atoms with Crippen molar-refractivity contribution in [3.63, 3.8) is 0 Å². The Kier molecular flexibility index (Phi) is 21.1. The van der Waals surface area contributed by atoms with Gasteiger partial charge in [0.1, 0.15) is 0 Å². The highest BCUT2D eigenvalue weighted by Crippen LogP contribution is 2.26. The molecule has 178 valence electrons. The number of ether oxygens (including phenoxy) is 4. The average molecular weight is 427 g/mol. The van der Waals surface area contributed by atoms with Crippen LogP contribution in [0.1, 0.15) is 78.1 Å². The second kappa shape index (κ2) is 21.5. The summed E-state index contributed by atoms with van der Waals surface area (Å²) in [5.74, 6) is 1.32. The van der Waals surface area contributed by atoms with Crippen LogP contribution in [-0.4, -0.2) is 53.9 Å². The quantitative estimate of drug-likeness (QED) is 0.136. The van der Waals surface area contributed by atoms with E-state index in [2.05, 4.69) is 27.0 Å². The highest BCUT2D eigenvalue weighted by atomic mass is 16.5. The first-order chi connectivity index (χ1) is 14.5. The predicted octanol–water partition coefficient (Wildman–Crippen LogP) is 6.60. The van der Waals surface area contributed by atoms with E-state index in [0.717, 1.165) is 44.8 Å². The zero-order valence-electron chi connectivity index (χ0n) is 20.5. The Morgan fingerprint density at radius 3 is 1.73 bits per heavy atom. The van der Waals surface area contributed by atoms with Crippen molar-refractivity contribution in [3.8, 4) is 0 Å². The molecule has 1 atom stereocenters. The molecule has 0 aliphatic carbocycles. The first-order valence-corrected chi connectivity index (χ1v) is 12.0. The molecule has 0 amide bonds. The second-order valence-electron chi connectivity index (χ2n) is 8.70. The average Bonchev–Trinajstić information content (AvgIpc) is 2.72. The van der Waals surface area contributed by atoms with Crippen LogP contribution in [0, 0.1) is 11.8 Å². The smallest absolute Gasteiger partial charge is 0.0700 e. The summed E-state index contributed by atoms with van der Waals surface area (Å²) in [5, 5.41) is 0. The zero-order valence-corrected chi connectivity index (χ0v) is 20.5. The maximum absolute atomic E-state index is 5.60. The van der Waals surface area contributed by atoms with E-state index in [0.29, 0.717) is 32.3 Å². The summed E-state index contributed by atoms with van der Waals surface area (Å²) in [7, 11) is 3.42. The molecule has 0 aromatic carbocycles. The van der Waals surface area contributed by atoms with E-state index >= 15 is 0 Å². The van der Waals surface area contributed by atoms with Crippen LogP contribution in [0.4, 0.5) is 0 Å². The van der Waals surface area contributed by atoms with E-state index in [1.54, 1.807) is 14.2 Å². The van der Waals surface area contributed by atoms with Crippen molar-refractivity contribution in [1.82, 2.24) is 0 Å². The Morgan fingerprint density at radius 2 is 1.20 bits per heavy atom. The largest absolute Gasteiger partial charge is 0.382 e. The molecule has 4 heteroatoms. The van der Waals surface area contributed by atoms with E-state index in [1.807, 2.05) is 0 Å². The first-order valence-electron chi connectivity index (χ1n) is 12.0. The van der Waals surface area contributed by atoms with Crippen molar-refractivity contribution in [2.24, 2.45) is 11.8 Å². The van der Waals surface area contributed by atoms with Crippen molar-refractivity contribution in [3.05, 3.63) is 24.3 Å². The summed E-state index contributed by atoms with van der Waals surface area (Å²) >= 11 is 0. The molecule has 4 nitrogen and oxygen atoms in total. The molecule has 0 bridgehead atoms. The molecule has 0 fully saturated rings. The van der Waals surface area contributed by atoms with Gasteiger partial charge in [-0.1, -0.05) is 70.3 Å². The molecule has 0 aromatic heterocycles. The molecular weight excluding hydrogens is 376 g/mol. The van der Waals surface area contributed by atoms with Gasteiger partial charge in [0.15, 0.2) is 0 Å². The van der Waals surface area contributed by atoms with Gasteiger partial charge in [-0.2, -0.15) is 0 Å². The molecule has 0 saturated carbocycles. The number of unbranched alkanes of at least 4 members (excludes halogenated alkanes) is 3. The summed E-state index contributed by atoms with van der Waals surface area (Å²) in [6.45, 7) is 17.4. The van der Waals surface area contributed by atoms with Gasteiger partial charge in [-0.05, 0) is 43.9 Å². The lowest BCUT2D eigenvalue weighted by Gasteiger charge is -2.19. The third kappa shape index (κ3) is 19.3. The van der Waals surface area contributed by atoms with Crippen LogP contribution in [0.5, 0.6) is 0 Å². The lowest BCUT2D eigenvalue weighted by Crippen LogP contribution is -2.06. The van der Waals surface area contributed by atoms with E-state index < -0.39 is 0 Å². The molecule has 0 rings (SSSR count). The zero-order chi connectivity index (χ0) is 22.5. The Labute approximate surface area is 187 Å². The van der Waals surface area contributed by atoms with Crippen molar-refractivity contribution in [2.45, 2.75) is 78.1 Å². The number of hydrogen-bond acceptors (Lipinski definition) is 4. The van der Waals surface area contributed by atoms with Crippen LogP contribution in [-0.2, 0) is 18.9 Å². The van der Waals surface area contributed by atoms with Crippen molar-refractivity contribution < 1.29 is 18.9 Å². The van der Waals surface area contributed by atoms with E-state index in [4.69, 9.17) is 18.9 Å². The molecule has 1 unspecified atom stereocenters. The third-order valence-electron chi connectivity index (χ3n) is 5.62. The number of allylic oxidation sites excluding steroid dienone is 2. The van der Waals surface area contributed by atoms with Crippen LogP contribution >= 0.6 is 0 Å². The topological polar surface area (TPSA) is 36.9 Å². The maximum atomic E-state index is 5.60. The molecule has 0 saturated heterocycles. The van der Waals surface area contributed by atoms with Gasteiger partial charge < -0.3 is 18.9 Å². The number of hydrogen-bond donors (Lipinski definition) is 0. The highest BCUT2D eigenvalue weighted by molar-refractivity contribution is 5.11. The van der Waals surface area contributed by atoms with Crippen molar-refractivity contribution in [1.29, 1.82) is 0 Å². The molecular formula is C26H50O4. The Hall–Kier alpha value is -0.680. The minimum Gasteiger partial charge on any atom is -0.382 e. The van der Waals surface area contributed by atoms with Gasteiger partial charge >= 0.3 is 0 Å². The molecule has 30 heavy (non-hydrogen) atoms. The summed E-state index contributed by atoms with van der Waals surface area (Å²) < 4.78 is 21.2. The SMILES string of the molecule is C=C(CCC(CCCCCOCCOC)CCCCOCCOC)CC(=C)C(C)C. The maximum Gasteiger partial charge on any atom is 0.0700 e. The van der Waals surface area contributed by atoms with Gasteiger partial charge in [0, 0.05) is 27.4 Å². The monoisotopic (exact) mass is 426 g/mol. The second-order valence-corrected chi connectivity index (χ2v) is 8.70. The minimum absolute atomic E-state index is 0.543. The molecule has 0 aliphatic rings. The molecule has 0 aromatic rings. The van der Waals surface area contributed by atoms with Crippen LogP contribution in [0.3, 0.4) is 0 Å². The standard InChI is InChI=1S/C26H50O4/c1-23(2)25(4)22-24(3)14-15-26(13-9-11-17-30-21-19-28-6)12-8-7-10-16-29-20-18-27-5/h23,26H,3-4,7-22H2,1-2,5-6H3. The van der Waals surface area contributed by atoms with E-state index in [9.17, 15) is 0 Å². The Bertz CT molecular complexity index is 406. The Morgan fingerprint density at radius 1 is 0.667 bits per heavy atom. The van der Waals surface area contributed by atoms with Crippen LogP contribution in [0.25, 0.3) is 0 Å². The lowest BCUT2D eigenvalue weighted by molar-refractivity contribution is 0.0676. The highest BCUT2D eigenvalue weighted by Gasteiger charge is 2.11. The molecule has 0 heterocycles. The Balaban J connectivity index is 4.11. The van der Waals surface area contributed by atoms with E-state index in [1.165, 1.54) is 49.7 Å². The number of rotatable bonds is 23. The van der Waals surface area contributed by atoms with Crippen LogP contribution < -0.4 is 0 Å². The van der Waals surface area contributed by atoms with Crippen molar-refractivity contribution in [2.75, 3.05) is 53.9 Å². The van der Waals surface area contributed by atoms with Gasteiger partial charge in [-0.15, -0.1) is 0 Å². The molecule has 0 aliphatic heterocycles. The molecule has 0 spiro atoms. The summed E-state index contributed by atoms with van der Waals surface area (Å²) in [5.41, 5.74) is 2.64. The fraction of sp³-hybridized carbons (Fsp3) is 0.846. The van der Waals surface area contributed by atoms with E-state index in [-0.39, 0.29) is 0 Å². The molecule has 0 N–H and O–H groups in total. The fourth-order valence-electron chi connectivity index (χ4n) is 3.39. The number of methoxy groups -OCH3 is 2. The summed E-state index contributed by atoms with van der Waals surface area (Å²) in [4.78, 5) is 0. The summed E-state index contributed by atoms with van der Waals surface area (Å²) in [6.07, 6.45) is 12.0. The van der Waals surface area contributed by atoms with Gasteiger partial charge in [-0.25, -0.2) is 0 Å². The predicted molar refractivity (Wildman–Crippen MR) is 128 cm³/mol. The first kappa shape index (κ1) is 29.3.